The van der Waals surface area contributed by atoms with E-state index in [-0.39, 0.29) is 5.56 Å². The number of hydrogen-bond acceptors (Lipinski definition) is 2. The predicted molar refractivity (Wildman–Crippen MR) is 43.5 cm³/mol. The Hall–Kier alpha value is -0.970. The summed E-state index contributed by atoms with van der Waals surface area (Å²) < 4.78 is 26.7. The van der Waals surface area contributed by atoms with E-state index in [1.807, 2.05) is 6.92 Å². The van der Waals surface area contributed by atoms with E-state index in [1.54, 1.807) is 0 Å². The Kier molecular flexibility index (Phi) is 2.66. The SMILES string of the molecule is CCn1cc(C(O)C(C)(F)F)cn1. The number of rotatable bonds is 3. The van der Waals surface area contributed by atoms with Crippen LogP contribution in [0.4, 0.5) is 8.78 Å². The molecule has 0 aliphatic heterocycles. The lowest BCUT2D eigenvalue weighted by Gasteiger charge is -2.15. The second-order valence-corrected chi connectivity index (χ2v) is 2.99. The fourth-order valence-electron chi connectivity index (χ4n) is 0.986. The molecule has 1 atom stereocenters. The topological polar surface area (TPSA) is 38.0 Å². The number of aliphatic hydroxyl groups excluding tert-OH is 1. The molecule has 0 saturated carbocycles. The monoisotopic (exact) mass is 190 g/mol. The zero-order valence-corrected chi connectivity index (χ0v) is 7.54. The van der Waals surface area contributed by atoms with Gasteiger partial charge in [0.15, 0.2) is 0 Å². The Balaban J connectivity index is 2.83. The molecule has 0 fully saturated rings. The molecule has 5 heteroatoms. The van der Waals surface area contributed by atoms with Crippen molar-refractivity contribution in [3.05, 3.63) is 18.0 Å². The zero-order valence-electron chi connectivity index (χ0n) is 7.54. The molecule has 0 amide bonds. The molecule has 0 bridgehead atoms. The normalized spacial score (nSPS) is 14.5. The molecule has 1 heterocycles. The van der Waals surface area contributed by atoms with E-state index in [0.29, 0.717) is 13.5 Å². The third-order valence-corrected chi connectivity index (χ3v) is 1.77. The summed E-state index contributed by atoms with van der Waals surface area (Å²) in [4.78, 5) is 0. The van der Waals surface area contributed by atoms with Crippen LogP contribution in [0.3, 0.4) is 0 Å². The van der Waals surface area contributed by atoms with Crippen LogP contribution in [0.25, 0.3) is 0 Å². The molecule has 74 valence electrons. The van der Waals surface area contributed by atoms with E-state index in [9.17, 15) is 8.78 Å². The Morgan fingerprint density at radius 1 is 1.69 bits per heavy atom. The van der Waals surface area contributed by atoms with Crippen LogP contribution in [0.15, 0.2) is 12.4 Å². The first kappa shape index (κ1) is 10.1. The van der Waals surface area contributed by atoms with Crippen molar-refractivity contribution >= 4 is 0 Å². The summed E-state index contributed by atoms with van der Waals surface area (Å²) in [5, 5.41) is 13.0. The zero-order chi connectivity index (χ0) is 10.1. The molecule has 0 spiro atoms. The van der Waals surface area contributed by atoms with E-state index in [2.05, 4.69) is 5.10 Å². The van der Waals surface area contributed by atoms with Gasteiger partial charge in [0, 0.05) is 25.2 Å². The summed E-state index contributed by atoms with van der Waals surface area (Å²) >= 11 is 0. The minimum Gasteiger partial charge on any atom is -0.382 e. The van der Waals surface area contributed by atoms with Crippen molar-refractivity contribution in [2.45, 2.75) is 32.4 Å². The summed E-state index contributed by atoms with van der Waals surface area (Å²) in [6.07, 6.45) is 0.904. The molecule has 0 aromatic carbocycles. The van der Waals surface area contributed by atoms with Crippen LogP contribution >= 0.6 is 0 Å². The molecule has 1 unspecified atom stereocenters. The van der Waals surface area contributed by atoms with Crippen molar-refractivity contribution in [1.29, 1.82) is 0 Å². The lowest BCUT2D eigenvalue weighted by atomic mass is 10.1. The molecule has 1 rings (SSSR count). The van der Waals surface area contributed by atoms with Crippen LogP contribution < -0.4 is 0 Å². The number of alkyl halides is 2. The Morgan fingerprint density at radius 2 is 2.31 bits per heavy atom. The maximum Gasteiger partial charge on any atom is 0.274 e. The van der Waals surface area contributed by atoms with Crippen molar-refractivity contribution in [2.24, 2.45) is 0 Å². The van der Waals surface area contributed by atoms with Gasteiger partial charge >= 0.3 is 0 Å². The van der Waals surface area contributed by atoms with Crippen molar-refractivity contribution in [3.63, 3.8) is 0 Å². The van der Waals surface area contributed by atoms with E-state index < -0.39 is 12.0 Å². The first-order chi connectivity index (χ1) is 5.95. The van der Waals surface area contributed by atoms with E-state index in [0.717, 1.165) is 0 Å². The Morgan fingerprint density at radius 3 is 2.69 bits per heavy atom. The molecule has 1 N–H and O–H groups in total. The van der Waals surface area contributed by atoms with Gasteiger partial charge in [-0.05, 0) is 6.92 Å². The summed E-state index contributed by atoms with van der Waals surface area (Å²) in [6.45, 7) is 3.12. The van der Waals surface area contributed by atoms with Gasteiger partial charge in [-0.15, -0.1) is 0 Å². The second kappa shape index (κ2) is 3.41. The van der Waals surface area contributed by atoms with Gasteiger partial charge in [0.2, 0.25) is 0 Å². The van der Waals surface area contributed by atoms with Crippen molar-refractivity contribution in [3.8, 4) is 0 Å². The number of aromatic nitrogens is 2. The lowest BCUT2D eigenvalue weighted by Crippen LogP contribution is -2.21. The minimum atomic E-state index is -3.12. The van der Waals surface area contributed by atoms with Crippen LogP contribution in [-0.4, -0.2) is 20.8 Å². The first-order valence-corrected chi connectivity index (χ1v) is 4.03. The van der Waals surface area contributed by atoms with Crippen molar-refractivity contribution in [1.82, 2.24) is 9.78 Å². The highest BCUT2D eigenvalue weighted by Gasteiger charge is 2.34. The number of halogens is 2. The molecular formula is C8H12F2N2O. The molecule has 0 radical (unpaired) electrons. The van der Waals surface area contributed by atoms with Gasteiger partial charge in [-0.1, -0.05) is 0 Å². The highest BCUT2D eigenvalue weighted by molar-refractivity contribution is 5.10. The van der Waals surface area contributed by atoms with E-state index >= 15 is 0 Å². The number of aliphatic hydroxyl groups is 1. The quantitative estimate of drug-likeness (QED) is 0.786. The molecule has 0 aliphatic carbocycles. The van der Waals surface area contributed by atoms with E-state index in [1.165, 1.54) is 17.1 Å². The first-order valence-electron chi connectivity index (χ1n) is 4.03. The van der Waals surface area contributed by atoms with Crippen LogP contribution in [0.1, 0.15) is 25.5 Å². The summed E-state index contributed by atoms with van der Waals surface area (Å²) in [5.41, 5.74) is 0.148. The summed E-state index contributed by atoms with van der Waals surface area (Å²) in [5.74, 6) is -3.12. The fraction of sp³-hybridized carbons (Fsp3) is 0.625. The van der Waals surface area contributed by atoms with Gasteiger partial charge in [-0.25, -0.2) is 8.78 Å². The van der Waals surface area contributed by atoms with Gasteiger partial charge in [0.05, 0.1) is 6.20 Å². The molecule has 3 nitrogen and oxygen atoms in total. The Bertz CT molecular complexity index is 280. The molecule has 0 saturated heterocycles. The predicted octanol–water partition coefficient (Wildman–Crippen LogP) is 1.59. The number of aryl methyl sites for hydroxylation is 1. The number of nitrogens with zero attached hydrogens (tertiary/aromatic N) is 2. The maximum absolute atomic E-state index is 12.6. The third-order valence-electron chi connectivity index (χ3n) is 1.77. The van der Waals surface area contributed by atoms with E-state index in [4.69, 9.17) is 5.11 Å². The molecule has 1 aromatic rings. The molecule has 13 heavy (non-hydrogen) atoms. The smallest absolute Gasteiger partial charge is 0.274 e. The largest absolute Gasteiger partial charge is 0.382 e. The summed E-state index contributed by atoms with van der Waals surface area (Å²) in [6, 6.07) is 0. The van der Waals surface area contributed by atoms with Crippen molar-refractivity contribution < 1.29 is 13.9 Å². The van der Waals surface area contributed by atoms with Gasteiger partial charge in [0.1, 0.15) is 6.10 Å². The average Bonchev–Trinajstić information content (AvgIpc) is 2.48. The van der Waals surface area contributed by atoms with Crippen LogP contribution in [-0.2, 0) is 6.54 Å². The molecule has 0 aliphatic rings. The van der Waals surface area contributed by atoms with Gasteiger partial charge < -0.3 is 5.11 Å². The standard InChI is InChI=1S/C8H12F2N2O/c1-3-12-5-6(4-11-12)7(13)8(2,9)10/h4-5,7,13H,3H2,1-2H3. The summed E-state index contributed by atoms with van der Waals surface area (Å²) in [7, 11) is 0. The Labute approximate surface area is 75.0 Å². The van der Waals surface area contributed by atoms with Crippen LogP contribution in [0, 0.1) is 0 Å². The van der Waals surface area contributed by atoms with Crippen LogP contribution in [0.2, 0.25) is 0 Å². The van der Waals surface area contributed by atoms with Crippen LogP contribution in [0.5, 0.6) is 0 Å². The average molecular weight is 190 g/mol. The third kappa shape index (κ3) is 2.24. The maximum atomic E-state index is 12.6. The van der Waals surface area contributed by atoms with Gasteiger partial charge in [-0.2, -0.15) is 5.10 Å². The van der Waals surface area contributed by atoms with Gasteiger partial charge in [-0.3, -0.25) is 4.68 Å². The highest BCUT2D eigenvalue weighted by atomic mass is 19.3. The van der Waals surface area contributed by atoms with Gasteiger partial charge in [0.25, 0.3) is 5.92 Å². The number of hydrogen-bond donors (Lipinski definition) is 1. The lowest BCUT2D eigenvalue weighted by molar-refractivity contribution is -0.0954. The minimum absolute atomic E-state index is 0.148. The molecule has 1 aromatic heterocycles. The second-order valence-electron chi connectivity index (χ2n) is 2.99. The molecular weight excluding hydrogens is 178 g/mol. The van der Waals surface area contributed by atoms with Crippen molar-refractivity contribution in [2.75, 3.05) is 0 Å². The highest BCUT2D eigenvalue weighted by Crippen LogP contribution is 2.29. The fourth-order valence-corrected chi connectivity index (χ4v) is 0.986.